The Labute approximate surface area is 631 Å². The lowest BCUT2D eigenvalue weighted by atomic mass is 9.31. The smallest absolute Gasteiger partial charge is 0.242 e. The van der Waals surface area contributed by atoms with Crippen molar-refractivity contribution >= 4 is 40.2 Å². The zero-order chi connectivity index (χ0) is 74.9. The number of aryl methyl sites for hydroxylation is 4. The normalized spacial score (nSPS) is 21.0. The van der Waals surface area contributed by atoms with Gasteiger partial charge in [0.2, 0.25) is 6.71 Å². The summed E-state index contributed by atoms with van der Waals surface area (Å²) >= 11 is 0. The topological polar surface area (TPSA) is 3.24 Å². The third-order valence-electron chi connectivity index (χ3n) is 27.1. The SMILES string of the molecule is Cc1cc2c3cc1CCC1c4cc(N(c5ccc(C(C)(C)C)cc5)c5ccc(C(C)(C)C)cc5)ccc4B(c4cc5c(cc4C(C)c4ccc6c(c4)C(C)(C)CC6(C)C)C(C)(C)CC5(C)C)c4c(C)cc(cc41)C(c1ccc(C(C)(C)C)cc1)CCc1ccc(C(C)(C)C)c(c1)CC3(C)CCC2(C)C. The van der Waals surface area contributed by atoms with Crippen molar-refractivity contribution in [2.75, 3.05) is 4.90 Å². The van der Waals surface area contributed by atoms with E-state index in [1.54, 1.807) is 11.1 Å². The van der Waals surface area contributed by atoms with Crippen LogP contribution < -0.4 is 21.3 Å². The van der Waals surface area contributed by atoms with Gasteiger partial charge < -0.3 is 4.90 Å². The fourth-order valence-electron chi connectivity index (χ4n) is 21.3. The van der Waals surface area contributed by atoms with Crippen molar-refractivity contribution < 1.29 is 0 Å². The molecule has 0 spiro atoms. The van der Waals surface area contributed by atoms with Crippen molar-refractivity contribution in [2.45, 2.75) is 310 Å². The molecule has 0 fully saturated rings. The molecule has 0 amide bonds. The highest BCUT2D eigenvalue weighted by atomic mass is 15.1. The summed E-state index contributed by atoms with van der Waals surface area (Å²) in [6, 6.07) is 68.8. The average molecular weight is 1380 g/mol. The molecule has 0 saturated heterocycles. The zero-order valence-electron chi connectivity index (χ0n) is 69.2. The maximum atomic E-state index is 2.81. The average Bonchev–Trinajstić information content (AvgIpc) is 1.64. The number of nitrogens with zero attached hydrogens (tertiary/aromatic N) is 1. The second kappa shape index (κ2) is 25.2. The predicted molar refractivity (Wildman–Crippen MR) is 451 cm³/mol. The molecule has 104 heavy (non-hydrogen) atoms. The van der Waals surface area contributed by atoms with Crippen LogP contribution in [0.25, 0.3) is 0 Å². The highest BCUT2D eigenvalue weighted by Crippen LogP contribution is 2.55. The minimum Gasteiger partial charge on any atom is -0.310 e. The van der Waals surface area contributed by atoms with E-state index in [0.717, 1.165) is 44.9 Å². The summed E-state index contributed by atoms with van der Waals surface area (Å²) in [4.78, 5) is 2.58. The van der Waals surface area contributed by atoms with Gasteiger partial charge in [0.1, 0.15) is 0 Å². The van der Waals surface area contributed by atoms with Gasteiger partial charge in [0.05, 0.1) is 0 Å². The molecule has 2 heteroatoms. The number of benzene rings is 9. The molecule has 14 rings (SSSR count). The first kappa shape index (κ1) is 73.7. The van der Waals surface area contributed by atoms with Gasteiger partial charge in [-0.25, -0.2) is 0 Å². The van der Waals surface area contributed by atoms with Crippen LogP contribution in [0.4, 0.5) is 17.1 Å². The highest BCUT2D eigenvalue weighted by Gasteiger charge is 2.48. The Bertz CT molecular complexity index is 4760. The molecule has 0 radical (unpaired) electrons. The molecule has 4 unspecified atom stereocenters. The van der Waals surface area contributed by atoms with Crippen LogP contribution in [-0.2, 0) is 73.4 Å². The van der Waals surface area contributed by atoms with E-state index in [1.165, 1.54) is 152 Å². The van der Waals surface area contributed by atoms with E-state index in [2.05, 4.69) is 349 Å². The fourth-order valence-corrected chi connectivity index (χ4v) is 21.3. The van der Waals surface area contributed by atoms with Crippen LogP contribution in [0.15, 0.2) is 164 Å². The van der Waals surface area contributed by atoms with Crippen molar-refractivity contribution in [3.05, 3.63) is 281 Å². The van der Waals surface area contributed by atoms with Crippen LogP contribution >= 0.6 is 0 Å². The predicted octanol–water partition coefficient (Wildman–Crippen LogP) is 25.3. The van der Waals surface area contributed by atoms with Crippen LogP contribution in [0.2, 0.25) is 0 Å². The first-order valence-electron chi connectivity index (χ1n) is 40.3. The minimum atomic E-state index is -0.0381. The molecule has 1 aliphatic heterocycles. The third kappa shape index (κ3) is 13.2. The molecule has 5 aliphatic rings. The molecule has 6 bridgehead atoms. The molecule has 9 aromatic rings. The molecular weight excluding hydrogens is 1250 g/mol. The van der Waals surface area contributed by atoms with Gasteiger partial charge in [-0.3, -0.25) is 0 Å². The second-order valence-corrected chi connectivity index (χ2v) is 41.7. The van der Waals surface area contributed by atoms with Gasteiger partial charge in [0.25, 0.3) is 0 Å². The largest absolute Gasteiger partial charge is 0.310 e. The molecule has 0 aromatic heterocycles. The monoisotopic (exact) mass is 1380 g/mol. The second-order valence-electron chi connectivity index (χ2n) is 41.7. The van der Waals surface area contributed by atoms with Crippen LogP contribution in [0.1, 0.15) is 339 Å². The van der Waals surface area contributed by atoms with Crippen molar-refractivity contribution in [1.82, 2.24) is 0 Å². The molecule has 1 nitrogen and oxygen atoms in total. The molecule has 4 atom stereocenters. The number of hydrogen-bond acceptors (Lipinski definition) is 1. The quantitative estimate of drug-likeness (QED) is 0.144. The number of rotatable bonds is 7. The molecule has 1 heterocycles. The molecule has 0 saturated carbocycles. The Balaban J connectivity index is 1.08. The van der Waals surface area contributed by atoms with E-state index in [4.69, 9.17) is 0 Å². The van der Waals surface area contributed by atoms with Crippen LogP contribution in [0, 0.1) is 13.8 Å². The lowest BCUT2D eigenvalue weighted by Gasteiger charge is -2.45. The van der Waals surface area contributed by atoms with Crippen LogP contribution in [0.3, 0.4) is 0 Å². The molecule has 9 aromatic carbocycles. The lowest BCUT2D eigenvalue weighted by Crippen LogP contribution is -2.60. The van der Waals surface area contributed by atoms with Gasteiger partial charge in [-0.05, 0) is 273 Å². The Kier molecular flexibility index (Phi) is 17.9. The van der Waals surface area contributed by atoms with Gasteiger partial charge in [0, 0.05) is 34.8 Å². The maximum absolute atomic E-state index is 2.81. The van der Waals surface area contributed by atoms with Gasteiger partial charge in [0.15, 0.2) is 0 Å². The number of fused-ring (bicyclic) bond motifs is 8. The van der Waals surface area contributed by atoms with Gasteiger partial charge in [-0.15, -0.1) is 0 Å². The minimum absolute atomic E-state index is 0.00682. The zero-order valence-corrected chi connectivity index (χ0v) is 69.2. The van der Waals surface area contributed by atoms with E-state index in [0.29, 0.717) is 0 Å². The fraction of sp³-hybridized carbons (Fsp3) is 0.471. The summed E-state index contributed by atoms with van der Waals surface area (Å²) < 4.78 is 0. The Morgan fingerprint density at radius 1 is 0.394 bits per heavy atom. The maximum Gasteiger partial charge on any atom is 0.242 e. The van der Waals surface area contributed by atoms with E-state index < -0.39 is 0 Å². The number of anilines is 3. The first-order chi connectivity index (χ1) is 48.3. The van der Waals surface area contributed by atoms with E-state index >= 15 is 0 Å². The summed E-state index contributed by atoms with van der Waals surface area (Å²) in [6.07, 6.45) is 9.60. The summed E-state index contributed by atoms with van der Waals surface area (Å²) in [6.45, 7) is 63.7. The Morgan fingerprint density at radius 3 is 1.50 bits per heavy atom. The van der Waals surface area contributed by atoms with Gasteiger partial charge >= 0.3 is 0 Å². The van der Waals surface area contributed by atoms with Crippen LogP contribution in [0.5, 0.6) is 0 Å². The highest BCUT2D eigenvalue weighted by molar-refractivity contribution is 6.97. The van der Waals surface area contributed by atoms with Gasteiger partial charge in [-0.1, -0.05) is 316 Å². The first-order valence-corrected chi connectivity index (χ1v) is 40.3. The summed E-state index contributed by atoms with van der Waals surface area (Å²) in [5.74, 6) is 0.377. The van der Waals surface area contributed by atoms with Crippen LogP contribution in [-0.4, -0.2) is 6.71 Å². The van der Waals surface area contributed by atoms with E-state index in [1.807, 2.05) is 0 Å². The van der Waals surface area contributed by atoms with Crippen molar-refractivity contribution in [3.8, 4) is 0 Å². The summed E-state index contributed by atoms with van der Waals surface area (Å²) in [5.41, 5.74) is 39.2. The van der Waals surface area contributed by atoms with Crippen molar-refractivity contribution in [2.24, 2.45) is 0 Å². The van der Waals surface area contributed by atoms with E-state index in [-0.39, 0.29) is 78.6 Å². The number of hydrogen-bond donors (Lipinski definition) is 0. The lowest BCUT2D eigenvalue weighted by molar-refractivity contribution is 0.308. The molecular formula is C102H126BN. The molecule has 4 aliphatic carbocycles. The standard InChI is InChI=1S/C102H126BN/c1-63-52-85-89-55-68(63)31-45-79-81-57-77(104(75-39-35-73(36-40-75)94(7,8)9)76-41-37-74(38-42-76)95(10,11)12)43-48-90(81)103(91-59-88-87(100(22,23)62-101(88,24)25)58-80(91)65(3)69-32-47-84-86(56-69)99(20,21)61-98(84,18)19)92-64(2)51-70(54-82(79)92)78(67-29-33-72(34-30-67)93(4,5)6)44-27-66-28-46-83(96(13,14)15)71(53-66)60-102(89,26)50-49-97(85,16)17/h28-30,32-43,46-48,51-59,65,78-79H,27,31,44-45,49-50,60-62H2,1-26H3. The Hall–Kier alpha value is -7.16. The Morgan fingerprint density at radius 2 is 0.923 bits per heavy atom. The van der Waals surface area contributed by atoms with Crippen molar-refractivity contribution in [3.63, 3.8) is 0 Å². The van der Waals surface area contributed by atoms with Crippen molar-refractivity contribution in [1.29, 1.82) is 0 Å². The van der Waals surface area contributed by atoms with Gasteiger partial charge in [-0.2, -0.15) is 0 Å². The van der Waals surface area contributed by atoms with E-state index in [9.17, 15) is 0 Å². The molecule has 542 valence electrons. The third-order valence-corrected chi connectivity index (χ3v) is 27.1. The summed E-state index contributed by atoms with van der Waals surface area (Å²) in [7, 11) is 0. The molecule has 0 N–H and O–H groups in total. The summed E-state index contributed by atoms with van der Waals surface area (Å²) in [5, 5.41) is 0.